The molecule has 2 atom stereocenters. The van der Waals surface area contributed by atoms with Crippen molar-refractivity contribution in [3.8, 4) is 0 Å². The predicted octanol–water partition coefficient (Wildman–Crippen LogP) is 1.55. The third-order valence-electron chi connectivity index (χ3n) is 1.55. The Morgan fingerprint density at radius 1 is 1.86 bits per heavy atom. The van der Waals surface area contributed by atoms with Crippen LogP contribution in [-0.2, 0) is 0 Å². The van der Waals surface area contributed by atoms with E-state index in [9.17, 15) is 4.91 Å². The molecule has 0 N–H and O–H groups in total. The van der Waals surface area contributed by atoms with Crippen LogP contribution in [0, 0.1) is 10.8 Å². The zero-order valence-corrected chi connectivity index (χ0v) is 4.42. The van der Waals surface area contributed by atoms with Gasteiger partial charge in [-0.15, -0.1) is 0 Å². The molecule has 0 bridgehead atoms. The minimum atomic E-state index is 0.185. The molecule has 0 heterocycles. The molecule has 2 unspecified atom stereocenters. The molecule has 2 heteroatoms. The molecule has 0 amide bonds. The third kappa shape index (κ3) is 0.787. The Hall–Kier alpha value is -0.400. The lowest BCUT2D eigenvalue weighted by Gasteiger charge is -1.77. The van der Waals surface area contributed by atoms with Gasteiger partial charge in [-0.3, -0.25) is 0 Å². The molecule has 1 aliphatic rings. The van der Waals surface area contributed by atoms with Gasteiger partial charge in [-0.05, 0) is 12.3 Å². The second-order valence-corrected chi connectivity index (χ2v) is 2.08. The first-order valence-electron chi connectivity index (χ1n) is 2.71. The van der Waals surface area contributed by atoms with Crippen LogP contribution in [0.25, 0.3) is 0 Å². The first-order chi connectivity index (χ1) is 3.38. The Balaban J connectivity index is 2.17. The van der Waals surface area contributed by atoms with Gasteiger partial charge >= 0.3 is 0 Å². The minimum absolute atomic E-state index is 0.185. The first kappa shape index (κ1) is 4.75. The van der Waals surface area contributed by atoms with E-state index in [2.05, 4.69) is 12.1 Å². The van der Waals surface area contributed by atoms with Gasteiger partial charge in [0.05, 0.1) is 6.04 Å². The van der Waals surface area contributed by atoms with Gasteiger partial charge < -0.3 is 0 Å². The molecular formula is C5H9NO. The molecule has 1 saturated carbocycles. The van der Waals surface area contributed by atoms with Crippen LogP contribution in [0.5, 0.6) is 0 Å². The van der Waals surface area contributed by atoms with Crippen LogP contribution in [0.3, 0.4) is 0 Å². The number of rotatable bonds is 2. The quantitative estimate of drug-likeness (QED) is 0.483. The standard InChI is InChI=1S/C5H9NO/c1-2-4-3-5(4)6-7/h4-5H,2-3H2,1H3. The summed E-state index contributed by atoms with van der Waals surface area (Å²) in [7, 11) is 0. The lowest BCUT2D eigenvalue weighted by atomic mass is 10.3. The summed E-state index contributed by atoms with van der Waals surface area (Å²) in [6.07, 6.45) is 2.16. The molecular weight excluding hydrogens is 90.1 g/mol. The monoisotopic (exact) mass is 99.1 g/mol. The van der Waals surface area contributed by atoms with Gasteiger partial charge in [-0.1, -0.05) is 18.5 Å². The summed E-state index contributed by atoms with van der Waals surface area (Å²) in [5.41, 5.74) is 0. The van der Waals surface area contributed by atoms with Gasteiger partial charge in [0.2, 0.25) is 0 Å². The molecule has 0 aromatic heterocycles. The van der Waals surface area contributed by atoms with Gasteiger partial charge in [0.15, 0.2) is 0 Å². The highest BCUT2D eigenvalue weighted by atomic mass is 16.3. The van der Waals surface area contributed by atoms with Gasteiger partial charge in [-0.25, -0.2) is 0 Å². The molecule has 0 radical (unpaired) electrons. The fourth-order valence-corrected chi connectivity index (χ4v) is 0.799. The van der Waals surface area contributed by atoms with E-state index >= 15 is 0 Å². The van der Waals surface area contributed by atoms with E-state index < -0.39 is 0 Å². The largest absolute Gasteiger partial charge is 0.151 e. The number of hydrogen-bond donors (Lipinski definition) is 0. The summed E-state index contributed by atoms with van der Waals surface area (Å²) in [6, 6.07) is 0.185. The second-order valence-electron chi connectivity index (χ2n) is 2.08. The van der Waals surface area contributed by atoms with Crippen LogP contribution >= 0.6 is 0 Å². The Morgan fingerprint density at radius 3 is 2.71 bits per heavy atom. The highest BCUT2D eigenvalue weighted by Gasteiger charge is 2.36. The molecule has 2 nitrogen and oxygen atoms in total. The maximum Gasteiger partial charge on any atom is 0.0951 e. The van der Waals surface area contributed by atoms with Crippen molar-refractivity contribution in [1.82, 2.24) is 0 Å². The van der Waals surface area contributed by atoms with Crippen LogP contribution in [0.1, 0.15) is 19.8 Å². The zero-order chi connectivity index (χ0) is 5.28. The SMILES string of the molecule is CCC1CC1N=O. The molecule has 0 saturated heterocycles. The number of nitroso groups, excluding NO2 is 1. The Labute approximate surface area is 42.9 Å². The van der Waals surface area contributed by atoms with Crippen LogP contribution in [0.4, 0.5) is 0 Å². The minimum Gasteiger partial charge on any atom is -0.151 e. The summed E-state index contributed by atoms with van der Waals surface area (Å²) < 4.78 is 0. The van der Waals surface area contributed by atoms with Crippen molar-refractivity contribution in [2.75, 3.05) is 0 Å². The summed E-state index contributed by atoms with van der Waals surface area (Å²) in [5, 5.41) is 2.90. The Kier molecular flexibility index (Phi) is 1.09. The van der Waals surface area contributed by atoms with E-state index in [0.717, 1.165) is 12.8 Å². The molecule has 7 heavy (non-hydrogen) atoms. The van der Waals surface area contributed by atoms with E-state index in [1.807, 2.05) is 0 Å². The molecule has 1 rings (SSSR count). The number of nitrogens with zero attached hydrogens (tertiary/aromatic N) is 1. The molecule has 1 aliphatic carbocycles. The molecule has 0 spiro atoms. The van der Waals surface area contributed by atoms with Gasteiger partial charge in [-0.2, -0.15) is 4.91 Å². The van der Waals surface area contributed by atoms with Crippen molar-refractivity contribution in [3.63, 3.8) is 0 Å². The average Bonchev–Trinajstić information content (AvgIpc) is 2.43. The molecule has 0 aromatic carbocycles. The molecule has 0 aromatic rings. The molecule has 1 fully saturated rings. The van der Waals surface area contributed by atoms with E-state index in [-0.39, 0.29) is 6.04 Å². The van der Waals surface area contributed by atoms with Gasteiger partial charge in [0.1, 0.15) is 0 Å². The summed E-state index contributed by atoms with van der Waals surface area (Å²) in [6.45, 7) is 2.09. The van der Waals surface area contributed by atoms with E-state index in [0.29, 0.717) is 5.92 Å². The topological polar surface area (TPSA) is 29.4 Å². The van der Waals surface area contributed by atoms with Crippen molar-refractivity contribution in [2.24, 2.45) is 11.1 Å². The Morgan fingerprint density at radius 2 is 2.57 bits per heavy atom. The summed E-state index contributed by atoms with van der Waals surface area (Å²) >= 11 is 0. The highest BCUT2D eigenvalue weighted by molar-refractivity contribution is 4.91. The van der Waals surface area contributed by atoms with Crippen LogP contribution < -0.4 is 0 Å². The maximum absolute atomic E-state index is 9.69. The Bertz CT molecular complexity index is 82.1. The van der Waals surface area contributed by atoms with E-state index in [1.54, 1.807) is 0 Å². The van der Waals surface area contributed by atoms with Crippen molar-refractivity contribution in [3.05, 3.63) is 4.91 Å². The van der Waals surface area contributed by atoms with Gasteiger partial charge in [0, 0.05) is 0 Å². The average molecular weight is 99.1 g/mol. The lowest BCUT2D eigenvalue weighted by Crippen LogP contribution is -1.76. The van der Waals surface area contributed by atoms with E-state index in [4.69, 9.17) is 0 Å². The van der Waals surface area contributed by atoms with Crippen molar-refractivity contribution in [2.45, 2.75) is 25.8 Å². The maximum atomic E-state index is 9.69. The molecule has 40 valence electrons. The predicted molar refractivity (Wildman–Crippen MR) is 28.0 cm³/mol. The summed E-state index contributed by atoms with van der Waals surface area (Å²) in [5.74, 6) is 0.637. The highest BCUT2D eigenvalue weighted by Crippen LogP contribution is 2.35. The second kappa shape index (κ2) is 1.60. The van der Waals surface area contributed by atoms with Crippen molar-refractivity contribution < 1.29 is 0 Å². The fraction of sp³-hybridized carbons (Fsp3) is 1.00. The lowest BCUT2D eigenvalue weighted by molar-refractivity contribution is 0.757. The zero-order valence-electron chi connectivity index (χ0n) is 4.42. The van der Waals surface area contributed by atoms with Crippen LogP contribution in [0.2, 0.25) is 0 Å². The molecule has 0 aliphatic heterocycles. The summed E-state index contributed by atoms with van der Waals surface area (Å²) in [4.78, 5) is 9.69. The fourth-order valence-electron chi connectivity index (χ4n) is 0.799. The van der Waals surface area contributed by atoms with Crippen molar-refractivity contribution >= 4 is 0 Å². The third-order valence-corrected chi connectivity index (χ3v) is 1.55. The van der Waals surface area contributed by atoms with Crippen LogP contribution in [-0.4, -0.2) is 6.04 Å². The van der Waals surface area contributed by atoms with E-state index in [1.165, 1.54) is 0 Å². The number of hydrogen-bond acceptors (Lipinski definition) is 2. The van der Waals surface area contributed by atoms with Gasteiger partial charge in [0.25, 0.3) is 0 Å². The van der Waals surface area contributed by atoms with Crippen LogP contribution in [0.15, 0.2) is 5.18 Å². The first-order valence-corrected chi connectivity index (χ1v) is 2.71. The normalized spacial score (nSPS) is 37.9. The smallest absolute Gasteiger partial charge is 0.0951 e. The van der Waals surface area contributed by atoms with Crippen molar-refractivity contribution in [1.29, 1.82) is 0 Å².